The van der Waals surface area contributed by atoms with Crippen LogP contribution in [0.25, 0.3) is 0 Å². The summed E-state index contributed by atoms with van der Waals surface area (Å²) >= 11 is 1.06. The largest absolute Gasteiger partial charge is 0.455 e. The normalized spacial score (nSPS) is 23.5. The highest BCUT2D eigenvalue weighted by atomic mass is 32.2. The molecule has 2 rings (SSSR count). The summed E-state index contributed by atoms with van der Waals surface area (Å²) in [5, 5.41) is 2.95. The number of benzene rings is 1. The smallest absolute Gasteiger partial charge is 0.316 e. The maximum absolute atomic E-state index is 13.4. The number of carbonyl (C=O) groups excluding carboxylic acids is 2. The Bertz CT molecular complexity index is 581. The lowest BCUT2D eigenvalue weighted by atomic mass is 9.78. The van der Waals surface area contributed by atoms with Crippen LogP contribution in [0.2, 0.25) is 0 Å². The molecule has 0 heterocycles. The predicted octanol–water partition coefficient (Wildman–Crippen LogP) is 3.40. The van der Waals surface area contributed by atoms with Gasteiger partial charge < -0.3 is 10.1 Å². The van der Waals surface area contributed by atoms with Crippen molar-refractivity contribution in [2.75, 3.05) is 12.4 Å². The lowest BCUT2D eigenvalue weighted by molar-refractivity contribution is -0.146. The maximum Gasteiger partial charge on any atom is 0.316 e. The summed E-state index contributed by atoms with van der Waals surface area (Å²) < 4.78 is 18.4. The molecule has 0 aromatic heterocycles. The average molecular weight is 353 g/mol. The van der Waals surface area contributed by atoms with Crippen LogP contribution in [0.15, 0.2) is 29.2 Å². The zero-order chi connectivity index (χ0) is 17.5. The summed E-state index contributed by atoms with van der Waals surface area (Å²) in [6, 6.07) is 6.39. The molecule has 0 spiro atoms. The lowest BCUT2D eigenvalue weighted by Crippen LogP contribution is -2.45. The first kappa shape index (κ1) is 18.8. The van der Waals surface area contributed by atoms with Gasteiger partial charge in [-0.2, -0.15) is 0 Å². The van der Waals surface area contributed by atoms with E-state index in [9.17, 15) is 14.0 Å². The number of carbonyl (C=O) groups is 2. The number of hydrogen-bond donors (Lipinski definition) is 1. The van der Waals surface area contributed by atoms with Crippen LogP contribution < -0.4 is 5.32 Å². The number of amides is 1. The highest BCUT2D eigenvalue weighted by molar-refractivity contribution is 8.00. The van der Waals surface area contributed by atoms with Gasteiger partial charge in [0, 0.05) is 10.9 Å². The molecule has 3 atom stereocenters. The van der Waals surface area contributed by atoms with Crippen LogP contribution in [0.5, 0.6) is 0 Å². The second-order valence-electron chi connectivity index (χ2n) is 6.32. The standard InChI is InChI=1S/C18H24FNO3S/c1-12-6-5-8-15(13(12)2)20-17(21)10-23-18(22)11-24-16-9-4-3-7-14(16)19/h3-4,7,9,12-13,15H,5-6,8,10-11H2,1-2H3,(H,20,21)/t12-,13-,15+/m1/s1. The Hall–Kier alpha value is -1.56. The van der Waals surface area contributed by atoms with Crippen molar-refractivity contribution in [1.29, 1.82) is 0 Å². The van der Waals surface area contributed by atoms with Gasteiger partial charge in [-0.05, 0) is 30.4 Å². The minimum Gasteiger partial charge on any atom is -0.455 e. The SMILES string of the molecule is C[C@@H]1[C@H](C)CCC[C@@H]1NC(=O)COC(=O)CSc1ccccc1F. The minimum atomic E-state index is -0.525. The van der Waals surface area contributed by atoms with Crippen LogP contribution in [0.4, 0.5) is 4.39 Å². The van der Waals surface area contributed by atoms with Gasteiger partial charge in [0.2, 0.25) is 0 Å². The molecule has 1 aromatic rings. The van der Waals surface area contributed by atoms with Gasteiger partial charge in [0.1, 0.15) is 5.82 Å². The number of esters is 1. The first-order valence-electron chi connectivity index (χ1n) is 8.29. The third-order valence-corrected chi connectivity index (χ3v) is 5.62. The Labute approximate surface area is 146 Å². The number of nitrogens with one attached hydrogen (secondary N) is 1. The van der Waals surface area contributed by atoms with Gasteiger partial charge in [-0.25, -0.2) is 4.39 Å². The zero-order valence-electron chi connectivity index (χ0n) is 14.1. The van der Waals surface area contributed by atoms with E-state index in [0.29, 0.717) is 16.7 Å². The van der Waals surface area contributed by atoms with E-state index in [4.69, 9.17) is 4.74 Å². The molecular formula is C18H24FNO3S. The molecule has 1 amide bonds. The van der Waals surface area contributed by atoms with Gasteiger partial charge in [-0.3, -0.25) is 9.59 Å². The summed E-state index contributed by atoms with van der Waals surface area (Å²) in [6.45, 7) is 4.06. The number of ether oxygens (including phenoxy) is 1. The lowest BCUT2D eigenvalue weighted by Gasteiger charge is -2.34. The van der Waals surface area contributed by atoms with Gasteiger partial charge in [0.15, 0.2) is 6.61 Å². The van der Waals surface area contributed by atoms with Crippen LogP contribution in [-0.4, -0.2) is 30.3 Å². The summed E-state index contributed by atoms with van der Waals surface area (Å²) in [4.78, 5) is 24.0. The van der Waals surface area contributed by atoms with Crippen molar-refractivity contribution in [3.05, 3.63) is 30.1 Å². The molecule has 0 radical (unpaired) electrons. The molecule has 24 heavy (non-hydrogen) atoms. The van der Waals surface area contributed by atoms with E-state index in [1.165, 1.54) is 12.5 Å². The molecule has 132 valence electrons. The Morgan fingerprint density at radius 3 is 2.79 bits per heavy atom. The fourth-order valence-corrected chi connectivity index (χ4v) is 3.66. The molecule has 4 nitrogen and oxygen atoms in total. The van der Waals surface area contributed by atoms with E-state index in [2.05, 4.69) is 19.2 Å². The van der Waals surface area contributed by atoms with Crippen molar-refractivity contribution in [2.45, 2.75) is 44.0 Å². The molecule has 0 bridgehead atoms. The summed E-state index contributed by atoms with van der Waals surface area (Å²) in [6.07, 6.45) is 3.26. The maximum atomic E-state index is 13.4. The Balaban J connectivity index is 1.69. The molecule has 1 aromatic carbocycles. The number of thioether (sulfide) groups is 1. The summed E-state index contributed by atoms with van der Waals surface area (Å²) in [7, 11) is 0. The van der Waals surface area contributed by atoms with Gasteiger partial charge in [0.05, 0.1) is 5.75 Å². The summed E-state index contributed by atoms with van der Waals surface area (Å²) in [5.74, 6) is -0.175. The molecule has 1 fully saturated rings. The van der Waals surface area contributed by atoms with Crippen molar-refractivity contribution >= 4 is 23.6 Å². The zero-order valence-corrected chi connectivity index (χ0v) is 14.9. The molecule has 0 aliphatic heterocycles. The van der Waals surface area contributed by atoms with Gasteiger partial charge in [0.25, 0.3) is 5.91 Å². The van der Waals surface area contributed by atoms with Gasteiger partial charge in [-0.15, -0.1) is 11.8 Å². The second-order valence-corrected chi connectivity index (χ2v) is 7.34. The first-order valence-corrected chi connectivity index (χ1v) is 9.28. The topological polar surface area (TPSA) is 55.4 Å². The van der Waals surface area contributed by atoms with Crippen LogP contribution in [0.3, 0.4) is 0 Å². The fraction of sp³-hybridized carbons (Fsp3) is 0.556. The number of halogens is 1. The number of rotatable bonds is 6. The van der Waals surface area contributed by atoms with Crippen molar-refractivity contribution < 1.29 is 18.7 Å². The van der Waals surface area contributed by atoms with Crippen molar-refractivity contribution in [3.63, 3.8) is 0 Å². The van der Waals surface area contributed by atoms with E-state index in [0.717, 1.165) is 24.6 Å². The van der Waals surface area contributed by atoms with Crippen molar-refractivity contribution in [2.24, 2.45) is 11.8 Å². The molecule has 0 unspecified atom stereocenters. The Morgan fingerprint density at radius 1 is 1.29 bits per heavy atom. The fourth-order valence-electron chi connectivity index (χ4n) is 2.92. The third kappa shape index (κ3) is 5.51. The highest BCUT2D eigenvalue weighted by Crippen LogP contribution is 2.29. The monoisotopic (exact) mass is 353 g/mol. The predicted molar refractivity (Wildman–Crippen MR) is 92.2 cm³/mol. The Morgan fingerprint density at radius 2 is 2.04 bits per heavy atom. The second kappa shape index (κ2) is 9.06. The van der Waals surface area contributed by atoms with E-state index in [-0.39, 0.29) is 30.1 Å². The van der Waals surface area contributed by atoms with E-state index in [1.54, 1.807) is 18.2 Å². The molecule has 1 aliphatic carbocycles. The third-order valence-electron chi connectivity index (χ3n) is 4.60. The first-order chi connectivity index (χ1) is 11.5. The molecule has 1 aliphatic rings. The molecule has 0 saturated heterocycles. The molecule has 6 heteroatoms. The molecule has 1 saturated carbocycles. The van der Waals surface area contributed by atoms with Gasteiger partial charge in [-0.1, -0.05) is 38.8 Å². The average Bonchev–Trinajstić information content (AvgIpc) is 2.56. The van der Waals surface area contributed by atoms with Gasteiger partial charge >= 0.3 is 5.97 Å². The van der Waals surface area contributed by atoms with Crippen molar-refractivity contribution in [1.82, 2.24) is 5.32 Å². The molecular weight excluding hydrogens is 329 g/mol. The van der Waals surface area contributed by atoms with E-state index >= 15 is 0 Å². The highest BCUT2D eigenvalue weighted by Gasteiger charge is 2.28. The molecule has 1 N–H and O–H groups in total. The van der Waals surface area contributed by atoms with Crippen molar-refractivity contribution in [3.8, 4) is 0 Å². The van der Waals surface area contributed by atoms with Crippen LogP contribution >= 0.6 is 11.8 Å². The van der Waals surface area contributed by atoms with E-state index in [1.807, 2.05) is 0 Å². The number of hydrogen-bond acceptors (Lipinski definition) is 4. The van der Waals surface area contributed by atoms with Crippen LogP contribution in [-0.2, 0) is 14.3 Å². The Kier molecular flexibility index (Phi) is 7.09. The van der Waals surface area contributed by atoms with Crippen LogP contribution in [0.1, 0.15) is 33.1 Å². The quantitative estimate of drug-likeness (QED) is 0.629. The van der Waals surface area contributed by atoms with Crippen LogP contribution in [0, 0.1) is 17.7 Å². The van der Waals surface area contributed by atoms with E-state index < -0.39 is 5.97 Å². The minimum absolute atomic E-state index is 0.0227. The summed E-state index contributed by atoms with van der Waals surface area (Å²) in [5.41, 5.74) is 0.